The number of hydrogen-bond acceptors (Lipinski definition) is 1. The van der Waals surface area contributed by atoms with Crippen LogP contribution in [0.15, 0.2) is 30.3 Å². The first-order chi connectivity index (χ1) is 7.63. The predicted octanol–water partition coefficient (Wildman–Crippen LogP) is 3.41. The van der Waals surface area contributed by atoms with Crippen molar-refractivity contribution < 1.29 is 0 Å². The van der Waals surface area contributed by atoms with Crippen LogP contribution in [0, 0.1) is 5.92 Å². The highest BCUT2D eigenvalue weighted by Crippen LogP contribution is 2.08. The smallest absolute Gasteiger partial charge is 0.170 e. The van der Waals surface area contributed by atoms with Crippen LogP contribution in [-0.2, 0) is 0 Å². The molecule has 0 aromatic heterocycles. The fourth-order valence-corrected chi connectivity index (χ4v) is 1.70. The van der Waals surface area contributed by atoms with Crippen molar-refractivity contribution in [3.63, 3.8) is 0 Å². The molecule has 0 saturated carbocycles. The van der Waals surface area contributed by atoms with E-state index in [-0.39, 0.29) is 0 Å². The van der Waals surface area contributed by atoms with Crippen molar-refractivity contribution in [2.24, 2.45) is 5.92 Å². The Balaban J connectivity index is 2.42. The van der Waals surface area contributed by atoms with Gasteiger partial charge in [-0.25, -0.2) is 0 Å². The molecule has 88 valence electrons. The molecule has 0 aliphatic rings. The summed E-state index contributed by atoms with van der Waals surface area (Å²) < 4.78 is 0. The van der Waals surface area contributed by atoms with E-state index in [9.17, 15) is 0 Å². The summed E-state index contributed by atoms with van der Waals surface area (Å²) in [6, 6.07) is 10.4. The van der Waals surface area contributed by atoms with Crippen LogP contribution in [0.25, 0.3) is 0 Å². The molecule has 0 heterocycles. The molecule has 2 N–H and O–H groups in total. The van der Waals surface area contributed by atoms with Crippen LogP contribution < -0.4 is 10.6 Å². The molecule has 0 radical (unpaired) electrons. The van der Waals surface area contributed by atoms with Crippen LogP contribution in [0.3, 0.4) is 0 Å². The van der Waals surface area contributed by atoms with E-state index in [0.29, 0.717) is 17.1 Å². The Labute approximate surface area is 103 Å². The summed E-state index contributed by atoms with van der Waals surface area (Å²) in [7, 11) is 0. The molecule has 0 bridgehead atoms. The van der Waals surface area contributed by atoms with E-state index >= 15 is 0 Å². The molecule has 2 nitrogen and oxygen atoms in total. The Morgan fingerprint density at radius 2 is 1.88 bits per heavy atom. The fraction of sp³-hybridized carbons (Fsp3) is 0.462. The summed E-state index contributed by atoms with van der Waals surface area (Å²) in [5.74, 6) is 0.621. The van der Waals surface area contributed by atoms with Crippen molar-refractivity contribution in [3.05, 3.63) is 30.3 Å². The van der Waals surface area contributed by atoms with Gasteiger partial charge in [-0.2, -0.15) is 0 Å². The number of rotatable bonds is 4. The molecular formula is C13H20N2S. The number of thiocarbonyl (C=S) groups is 1. The van der Waals surface area contributed by atoms with Gasteiger partial charge in [0, 0.05) is 11.7 Å². The van der Waals surface area contributed by atoms with Gasteiger partial charge in [0.15, 0.2) is 5.11 Å². The van der Waals surface area contributed by atoms with Gasteiger partial charge < -0.3 is 10.6 Å². The van der Waals surface area contributed by atoms with E-state index in [2.05, 4.69) is 31.4 Å². The standard InChI is InChI=1S/C13H20N2S/c1-4-10(2)11(3)14-13(16)15-12-8-6-5-7-9-12/h5-11H,4H2,1-3H3,(H2,14,15,16). The van der Waals surface area contributed by atoms with Gasteiger partial charge in [0.25, 0.3) is 0 Å². The monoisotopic (exact) mass is 236 g/mol. The number of nitrogens with one attached hydrogen (secondary N) is 2. The number of benzene rings is 1. The second kappa shape index (κ2) is 6.48. The molecule has 1 aromatic carbocycles. The molecular weight excluding hydrogens is 216 g/mol. The molecule has 0 amide bonds. The average Bonchev–Trinajstić information content (AvgIpc) is 2.29. The van der Waals surface area contributed by atoms with Crippen molar-refractivity contribution >= 4 is 23.0 Å². The summed E-state index contributed by atoms with van der Waals surface area (Å²) in [5, 5.41) is 7.16. The maximum atomic E-state index is 5.26. The molecule has 1 aromatic rings. The third-order valence-electron chi connectivity index (χ3n) is 2.89. The Kier molecular flexibility index (Phi) is 5.26. The molecule has 2 atom stereocenters. The van der Waals surface area contributed by atoms with E-state index in [1.165, 1.54) is 0 Å². The molecule has 3 heteroatoms. The van der Waals surface area contributed by atoms with Crippen molar-refractivity contribution in [2.45, 2.75) is 33.2 Å². The van der Waals surface area contributed by atoms with E-state index < -0.39 is 0 Å². The van der Waals surface area contributed by atoms with Crippen LogP contribution in [0.5, 0.6) is 0 Å². The van der Waals surface area contributed by atoms with Gasteiger partial charge >= 0.3 is 0 Å². The van der Waals surface area contributed by atoms with Crippen LogP contribution in [0.4, 0.5) is 5.69 Å². The zero-order valence-electron chi connectivity index (χ0n) is 10.2. The first-order valence-corrected chi connectivity index (χ1v) is 6.17. The zero-order chi connectivity index (χ0) is 12.0. The topological polar surface area (TPSA) is 24.1 Å². The highest BCUT2D eigenvalue weighted by atomic mass is 32.1. The lowest BCUT2D eigenvalue weighted by Crippen LogP contribution is -2.39. The first kappa shape index (κ1) is 13.0. The van der Waals surface area contributed by atoms with Crippen LogP contribution in [-0.4, -0.2) is 11.2 Å². The van der Waals surface area contributed by atoms with Gasteiger partial charge in [-0.15, -0.1) is 0 Å². The summed E-state index contributed by atoms with van der Waals surface area (Å²) in [5.41, 5.74) is 1.02. The largest absolute Gasteiger partial charge is 0.360 e. The lowest BCUT2D eigenvalue weighted by Gasteiger charge is -2.21. The van der Waals surface area contributed by atoms with Crippen LogP contribution >= 0.6 is 12.2 Å². The highest BCUT2D eigenvalue weighted by Gasteiger charge is 2.10. The molecule has 0 fully saturated rings. The maximum Gasteiger partial charge on any atom is 0.170 e. The van der Waals surface area contributed by atoms with Crippen LogP contribution in [0.1, 0.15) is 27.2 Å². The van der Waals surface area contributed by atoms with E-state index in [0.717, 1.165) is 12.1 Å². The van der Waals surface area contributed by atoms with Crippen molar-refractivity contribution in [1.82, 2.24) is 5.32 Å². The lowest BCUT2D eigenvalue weighted by atomic mass is 10.0. The minimum Gasteiger partial charge on any atom is -0.360 e. The maximum absolute atomic E-state index is 5.26. The number of anilines is 1. The van der Waals surface area contributed by atoms with E-state index in [4.69, 9.17) is 12.2 Å². The summed E-state index contributed by atoms with van der Waals surface area (Å²) in [4.78, 5) is 0. The molecule has 16 heavy (non-hydrogen) atoms. The van der Waals surface area contributed by atoms with Crippen molar-refractivity contribution in [2.75, 3.05) is 5.32 Å². The van der Waals surface area contributed by atoms with Gasteiger partial charge in [0.05, 0.1) is 0 Å². The van der Waals surface area contributed by atoms with Gasteiger partial charge in [-0.05, 0) is 37.2 Å². The summed E-state index contributed by atoms with van der Waals surface area (Å²) >= 11 is 5.26. The Hall–Kier alpha value is -1.09. The molecule has 2 unspecified atom stereocenters. The Morgan fingerprint density at radius 1 is 1.25 bits per heavy atom. The normalized spacial score (nSPS) is 13.9. The van der Waals surface area contributed by atoms with E-state index in [1.54, 1.807) is 0 Å². The molecule has 0 saturated heterocycles. The highest BCUT2D eigenvalue weighted by molar-refractivity contribution is 7.80. The molecule has 0 aliphatic heterocycles. The molecule has 1 rings (SSSR count). The quantitative estimate of drug-likeness (QED) is 0.783. The summed E-state index contributed by atoms with van der Waals surface area (Å²) in [6.45, 7) is 6.58. The van der Waals surface area contributed by atoms with Gasteiger partial charge in [0.2, 0.25) is 0 Å². The predicted molar refractivity (Wildman–Crippen MR) is 74.7 cm³/mol. The number of para-hydroxylation sites is 1. The lowest BCUT2D eigenvalue weighted by molar-refractivity contribution is 0.439. The van der Waals surface area contributed by atoms with Crippen LogP contribution in [0.2, 0.25) is 0 Å². The number of hydrogen-bond donors (Lipinski definition) is 2. The van der Waals surface area contributed by atoms with Gasteiger partial charge in [-0.1, -0.05) is 38.5 Å². The third-order valence-corrected chi connectivity index (χ3v) is 3.11. The average molecular weight is 236 g/mol. The third kappa shape index (κ3) is 4.19. The van der Waals surface area contributed by atoms with Gasteiger partial charge in [-0.3, -0.25) is 0 Å². The van der Waals surface area contributed by atoms with E-state index in [1.807, 2.05) is 30.3 Å². The second-order valence-corrected chi connectivity index (χ2v) is 4.55. The van der Waals surface area contributed by atoms with Crippen molar-refractivity contribution in [3.8, 4) is 0 Å². The first-order valence-electron chi connectivity index (χ1n) is 5.76. The zero-order valence-corrected chi connectivity index (χ0v) is 11.0. The van der Waals surface area contributed by atoms with Crippen molar-refractivity contribution in [1.29, 1.82) is 0 Å². The second-order valence-electron chi connectivity index (χ2n) is 4.14. The van der Waals surface area contributed by atoms with Gasteiger partial charge in [0.1, 0.15) is 0 Å². The Morgan fingerprint density at radius 3 is 2.44 bits per heavy atom. The molecule has 0 aliphatic carbocycles. The molecule has 0 spiro atoms. The fourth-order valence-electron chi connectivity index (χ4n) is 1.39. The minimum atomic E-state index is 0.397. The Bertz CT molecular complexity index is 324. The SMILES string of the molecule is CCC(C)C(C)NC(=S)Nc1ccccc1. The minimum absolute atomic E-state index is 0.397. The summed E-state index contributed by atoms with van der Waals surface area (Å²) in [6.07, 6.45) is 1.15.